The standard InChI is InChI=1S/C15H18N2O/c1-11(2)7-15(18)17-10-12-8-13-5-3-4-6-14(13)16-9-12/h3-6,8-9,11H,7,10H2,1-2H3,(H,17,18). The summed E-state index contributed by atoms with van der Waals surface area (Å²) in [6, 6.07) is 10.0. The molecule has 0 aliphatic heterocycles. The van der Waals surface area contributed by atoms with Gasteiger partial charge >= 0.3 is 0 Å². The van der Waals surface area contributed by atoms with Crippen molar-refractivity contribution in [2.75, 3.05) is 0 Å². The number of carbonyl (C=O) groups is 1. The van der Waals surface area contributed by atoms with Gasteiger partial charge in [-0.15, -0.1) is 0 Å². The van der Waals surface area contributed by atoms with Gasteiger partial charge in [0.1, 0.15) is 0 Å². The molecule has 0 bridgehead atoms. The highest BCUT2D eigenvalue weighted by Gasteiger charge is 2.04. The highest BCUT2D eigenvalue weighted by Crippen LogP contribution is 2.12. The topological polar surface area (TPSA) is 42.0 Å². The zero-order valence-electron chi connectivity index (χ0n) is 10.8. The van der Waals surface area contributed by atoms with E-state index in [1.807, 2.05) is 44.3 Å². The van der Waals surface area contributed by atoms with E-state index in [1.54, 1.807) is 0 Å². The fourth-order valence-electron chi connectivity index (χ4n) is 1.86. The van der Waals surface area contributed by atoms with Crippen LogP contribution in [0.15, 0.2) is 36.5 Å². The number of pyridine rings is 1. The Bertz CT molecular complexity index is 549. The van der Waals surface area contributed by atoms with Crippen LogP contribution in [-0.4, -0.2) is 10.9 Å². The van der Waals surface area contributed by atoms with Crippen LogP contribution >= 0.6 is 0 Å². The van der Waals surface area contributed by atoms with Gasteiger partial charge in [-0.3, -0.25) is 9.78 Å². The molecule has 1 aromatic carbocycles. The Hall–Kier alpha value is -1.90. The number of carbonyl (C=O) groups excluding carboxylic acids is 1. The number of aromatic nitrogens is 1. The van der Waals surface area contributed by atoms with E-state index in [0.717, 1.165) is 16.5 Å². The molecule has 94 valence electrons. The third-order valence-electron chi connectivity index (χ3n) is 2.73. The molecule has 0 atom stereocenters. The molecule has 0 unspecified atom stereocenters. The number of benzene rings is 1. The number of amides is 1. The minimum Gasteiger partial charge on any atom is -0.352 e. The molecule has 0 spiro atoms. The Kier molecular flexibility index (Phi) is 3.92. The Morgan fingerprint density at radius 1 is 1.33 bits per heavy atom. The van der Waals surface area contributed by atoms with E-state index in [4.69, 9.17) is 0 Å². The van der Waals surface area contributed by atoms with Crippen LogP contribution < -0.4 is 5.32 Å². The molecule has 1 amide bonds. The van der Waals surface area contributed by atoms with Gasteiger partial charge in [-0.1, -0.05) is 32.0 Å². The van der Waals surface area contributed by atoms with Crippen LogP contribution in [0.5, 0.6) is 0 Å². The van der Waals surface area contributed by atoms with Gasteiger partial charge in [0.2, 0.25) is 5.91 Å². The van der Waals surface area contributed by atoms with Crippen molar-refractivity contribution in [1.29, 1.82) is 0 Å². The lowest BCUT2D eigenvalue weighted by Gasteiger charge is -2.07. The molecule has 0 saturated heterocycles. The summed E-state index contributed by atoms with van der Waals surface area (Å²) in [5, 5.41) is 4.02. The quantitative estimate of drug-likeness (QED) is 0.895. The van der Waals surface area contributed by atoms with Crippen molar-refractivity contribution in [2.45, 2.75) is 26.8 Å². The minimum atomic E-state index is 0.0955. The van der Waals surface area contributed by atoms with E-state index in [1.165, 1.54) is 0 Å². The second-order valence-corrected chi connectivity index (χ2v) is 4.91. The van der Waals surface area contributed by atoms with Gasteiger partial charge in [0.15, 0.2) is 0 Å². The van der Waals surface area contributed by atoms with Crippen molar-refractivity contribution < 1.29 is 4.79 Å². The first kappa shape index (κ1) is 12.6. The van der Waals surface area contributed by atoms with E-state index >= 15 is 0 Å². The van der Waals surface area contributed by atoms with Crippen molar-refractivity contribution in [3.63, 3.8) is 0 Å². The number of para-hydroxylation sites is 1. The van der Waals surface area contributed by atoms with Crippen molar-refractivity contribution in [3.8, 4) is 0 Å². The Morgan fingerprint density at radius 2 is 2.11 bits per heavy atom. The number of hydrogen-bond donors (Lipinski definition) is 1. The number of nitrogens with zero attached hydrogens (tertiary/aromatic N) is 1. The lowest BCUT2D eigenvalue weighted by molar-refractivity contribution is -0.121. The molecule has 1 heterocycles. The maximum Gasteiger partial charge on any atom is 0.220 e. The van der Waals surface area contributed by atoms with Crippen LogP contribution in [-0.2, 0) is 11.3 Å². The summed E-state index contributed by atoms with van der Waals surface area (Å²) in [6.45, 7) is 4.62. The third-order valence-corrected chi connectivity index (χ3v) is 2.73. The summed E-state index contributed by atoms with van der Waals surface area (Å²) in [4.78, 5) is 15.9. The van der Waals surface area contributed by atoms with Crippen LogP contribution in [0, 0.1) is 5.92 Å². The monoisotopic (exact) mass is 242 g/mol. The predicted octanol–water partition coefficient (Wildman–Crippen LogP) is 2.90. The summed E-state index contributed by atoms with van der Waals surface area (Å²) in [6.07, 6.45) is 2.39. The SMILES string of the molecule is CC(C)CC(=O)NCc1cnc2ccccc2c1. The molecule has 0 radical (unpaired) electrons. The van der Waals surface area contributed by atoms with E-state index in [-0.39, 0.29) is 5.91 Å². The minimum absolute atomic E-state index is 0.0955. The van der Waals surface area contributed by atoms with Crippen LogP contribution in [0.1, 0.15) is 25.8 Å². The lowest BCUT2D eigenvalue weighted by Crippen LogP contribution is -2.23. The molecule has 3 heteroatoms. The summed E-state index contributed by atoms with van der Waals surface area (Å²) in [5.41, 5.74) is 2.01. The summed E-state index contributed by atoms with van der Waals surface area (Å²) < 4.78 is 0. The molecule has 3 nitrogen and oxygen atoms in total. The molecule has 0 aliphatic rings. The van der Waals surface area contributed by atoms with Gasteiger partial charge in [0.05, 0.1) is 5.52 Å². The van der Waals surface area contributed by atoms with Gasteiger partial charge in [0, 0.05) is 24.5 Å². The molecule has 2 aromatic rings. The first-order valence-corrected chi connectivity index (χ1v) is 6.25. The molecular formula is C15H18N2O. The maximum atomic E-state index is 11.6. The van der Waals surface area contributed by atoms with Crippen LogP contribution in [0.25, 0.3) is 10.9 Å². The maximum absolute atomic E-state index is 11.6. The van der Waals surface area contributed by atoms with Gasteiger partial charge in [-0.2, -0.15) is 0 Å². The van der Waals surface area contributed by atoms with Crippen molar-refractivity contribution >= 4 is 16.8 Å². The van der Waals surface area contributed by atoms with E-state index in [9.17, 15) is 4.79 Å². The lowest BCUT2D eigenvalue weighted by atomic mass is 10.1. The second-order valence-electron chi connectivity index (χ2n) is 4.91. The molecule has 0 aliphatic carbocycles. The molecule has 1 N–H and O–H groups in total. The first-order valence-electron chi connectivity index (χ1n) is 6.25. The highest BCUT2D eigenvalue weighted by molar-refractivity contribution is 5.79. The zero-order valence-corrected chi connectivity index (χ0v) is 10.8. The van der Waals surface area contributed by atoms with Crippen LogP contribution in [0.2, 0.25) is 0 Å². The molecule has 2 rings (SSSR count). The average Bonchev–Trinajstić information content (AvgIpc) is 2.35. The Balaban J connectivity index is 2.01. The summed E-state index contributed by atoms with van der Waals surface area (Å²) in [7, 11) is 0. The summed E-state index contributed by atoms with van der Waals surface area (Å²) >= 11 is 0. The third kappa shape index (κ3) is 3.29. The molecular weight excluding hydrogens is 224 g/mol. The average molecular weight is 242 g/mol. The fraction of sp³-hybridized carbons (Fsp3) is 0.333. The highest BCUT2D eigenvalue weighted by atomic mass is 16.1. The van der Waals surface area contributed by atoms with E-state index in [2.05, 4.69) is 16.4 Å². The summed E-state index contributed by atoms with van der Waals surface area (Å²) in [5.74, 6) is 0.484. The zero-order chi connectivity index (χ0) is 13.0. The normalized spacial score (nSPS) is 10.8. The second kappa shape index (κ2) is 5.63. The largest absolute Gasteiger partial charge is 0.352 e. The first-order chi connectivity index (χ1) is 8.65. The molecule has 18 heavy (non-hydrogen) atoms. The number of fused-ring (bicyclic) bond motifs is 1. The van der Waals surface area contributed by atoms with Crippen molar-refractivity contribution in [3.05, 3.63) is 42.1 Å². The molecule has 0 saturated carbocycles. The molecule has 0 fully saturated rings. The van der Waals surface area contributed by atoms with Gasteiger partial charge in [-0.25, -0.2) is 0 Å². The van der Waals surface area contributed by atoms with Gasteiger partial charge < -0.3 is 5.32 Å². The van der Waals surface area contributed by atoms with Crippen molar-refractivity contribution in [1.82, 2.24) is 10.3 Å². The van der Waals surface area contributed by atoms with E-state index < -0.39 is 0 Å². The smallest absolute Gasteiger partial charge is 0.220 e. The molecule has 1 aromatic heterocycles. The van der Waals surface area contributed by atoms with E-state index in [0.29, 0.717) is 18.9 Å². The predicted molar refractivity (Wildman–Crippen MR) is 73.0 cm³/mol. The number of hydrogen-bond acceptors (Lipinski definition) is 2. The van der Waals surface area contributed by atoms with Crippen molar-refractivity contribution in [2.24, 2.45) is 5.92 Å². The number of nitrogens with one attached hydrogen (secondary N) is 1. The van der Waals surface area contributed by atoms with Crippen LogP contribution in [0.4, 0.5) is 0 Å². The number of rotatable bonds is 4. The van der Waals surface area contributed by atoms with Gasteiger partial charge in [-0.05, 0) is 23.6 Å². The Morgan fingerprint density at radius 3 is 2.89 bits per heavy atom. The fourth-order valence-corrected chi connectivity index (χ4v) is 1.86. The Labute approximate surface area is 107 Å². The van der Waals surface area contributed by atoms with Gasteiger partial charge in [0.25, 0.3) is 0 Å². The van der Waals surface area contributed by atoms with Crippen LogP contribution in [0.3, 0.4) is 0 Å².